The number of nitrogens with two attached hydrogens (primary N) is 1. The van der Waals surface area contributed by atoms with E-state index < -0.39 is 6.10 Å². The standard InChI is InChI=1S/C6H9NO2/c1-4(8)5-2-3-6(7)9-5/h2-4,8H,7H2,1H3. The second kappa shape index (κ2) is 2.11. The van der Waals surface area contributed by atoms with Gasteiger partial charge >= 0.3 is 0 Å². The van der Waals surface area contributed by atoms with Gasteiger partial charge in [0.25, 0.3) is 0 Å². The lowest BCUT2D eigenvalue weighted by Gasteiger charge is -1.95. The van der Waals surface area contributed by atoms with Crippen molar-refractivity contribution in [2.24, 2.45) is 0 Å². The first-order valence-corrected chi connectivity index (χ1v) is 2.73. The Balaban J connectivity index is 2.85. The molecule has 0 aliphatic carbocycles. The highest BCUT2D eigenvalue weighted by molar-refractivity contribution is 5.25. The van der Waals surface area contributed by atoms with Gasteiger partial charge in [-0.05, 0) is 13.0 Å². The van der Waals surface area contributed by atoms with Gasteiger partial charge in [-0.3, -0.25) is 0 Å². The minimum absolute atomic E-state index is 0.339. The van der Waals surface area contributed by atoms with E-state index in [1.54, 1.807) is 19.1 Å². The molecule has 1 unspecified atom stereocenters. The van der Waals surface area contributed by atoms with Gasteiger partial charge in [-0.25, -0.2) is 0 Å². The van der Waals surface area contributed by atoms with Crippen molar-refractivity contribution < 1.29 is 9.52 Å². The zero-order valence-electron chi connectivity index (χ0n) is 5.16. The van der Waals surface area contributed by atoms with Gasteiger partial charge in [0.15, 0.2) is 5.88 Å². The Morgan fingerprint density at radius 3 is 2.56 bits per heavy atom. The minimum Gasteiger partial charge on any atom is -0.443 e. The van der Waals surface area contributed by atoms with Crippen LogP contribution in [0.15, 0.2) is 16.5 Å². The molecule has 0 radical (unpaired) electrons. The topological polar surface area (TPSA) is 59.4 Å². The summed E-state index contributed by atoms with van der Waals surface area (Å²) >= 11 is 0. The number of furan rings is 1. The molecule has 0 spiro atoms. The fourth-order valence-electron chi connectivity index (χ4n) is 0.593. The molecular formula is C6H9NO2. The van der Waals surface area contributed by atoms with Crippen LogP contribution in [0.1, 0.15) is 18.8 Å². The summed E-state index contributed by atoms with van der Waals surface area (Å²) in [6.45, 7) is 1.62. The summed E-state index contributed by atoms with van der Waals surface area (Å²) < 4.78 is 4.87. The predicted molar refractivity (Wildman–Crippen MR) is 33.8 cm³/mol. The van der Waals surface area contributed by atoms with E-state index in [9.17, 15) is 0 Å². The molecule has 0 saturated heterocycles. The fourth-order valence-corrected chi connectivity index (χ4v) is 0.593. The van der Waals surface area contributed by atoms with E-state index in [2.05, 4.69) is 0 Å². The Morgan fingerprint density at radius 1 is 1.67 bits per heavy atom. The van der Waals surface area contributed by atoms with Gasteiger partial charge in [0.05, 0.1) is 0 Å². The van der Waals surface area contributed by atoms with E-state index in [-0.39, 0.29) is 0 Å². The van der Waals surface area contributed by atoms with Gasteiger partial charge in [-0.15, -0.1) is 0 Å². The normalized spacial score (nSPS) is 13.6. The monoisotopic (exact) mass is 127 g/mol. The van der Waals surface area contributed by atoms with Crippen molar-refractivity contribution >= 4 is 5.88 Å². The van der Waals surface area contributed by atoms with Crippen LogP contribution < -0.4 is 5.73 Å². The van der Waals surface area contributed by atoms with Gasteiger partial charge in [0.2, 0.25) is 0 Å². The molecule has 0 saturated carbocycles. The van der Waals surface area contributed by atoms with E-state index in [1.807, 2.05) is 0 Å². The maximum absolute atomic E-state index is 8.89. The van der Waals surface area contributed by atoms with Crippen molar-refractivity contribution in [3.8, 4) is 0 Å². The summed E-state index contributed by atoms with van der Waals surface area (Å²) in [5, 5.41) is 8.89. The second-order valence-corrected chi connectivity index (χ2v) is 1.92. The molecule has 1 rings (SSSR count). The van der Waals surface area contributed by atoms with Crippen molar-refractivity contribution in [1.82, 2.24) is 0 Å². The maximum Gasteiger partial charge on any atom is 0.190 e. The van der Waals surface area contributed by atoms with E-state index in [4.69, 9.17) is 15.3 Å². The highest BCUT2D eigenvalue weighted by atomic mass is 16.4. The zero-order valence-corrected chi connectivity index (χ0v) is 5.16. The number of aliphatic hydroxyl groups is 1. The molecule has 0 aliphatic heterocycles. The van der Waals surface area contributed by atoms with Crippen molar-refractivity contribution in [1.29, 1.82) is 0 Å². The van der Waals surface area contributed by atoms with Crippen LogP contribution in [0, 0.1) is 0 Å². The Morgan fingerprint density at radius 2 is 2.33 bits per heavy atom. The van der Waals surface area contributed by atoms with Crippen LogP contribution in [0.25, 0.3) is 0 Å². The first-order chi connectivity index (χ1) is 4.20. The summed E-state index contributed by atoms with van der Waals surface area (Å²) in [5.41, 5.74) is 5.24. The summed E-state index contributed by atoms with van der Waals surface area (Å²) in [4.78, 5) is 0. The lowest BCUT2D eigenvalue weighted by atomic mass is 10.3. The maximum atomic E-state index is 8.89. The molecule has 0 bridgehead atoms. The van der Waals surface area contributed by atoms with Crippen molar-refractivity contribution in [2.75, 3.05) is 5.73 Å². The Bertz CT molecular complexity index is 193. The molecule has 0 aliphatic rings. The predicted octanol–water partition coefficient (Wildman–Crippen LogP) is 0.915. The molecule has 1 heterocycles. The number of anilines is 1. The Hall–Kier alpha value is -0.960. The Kier molecular flexibility index (Phi) is 1.44. The molecule has 3 N–H and O–H groups in total. The molecule has 0 fully saturated rings. The van der Waals surface area contributed by atoms with Gasteiger partial charge in [0.1, 0.15) is 11.9 Å². The molecule has 0 amide bonds. The van der Waals surface area contributed by atoms with Crippen LogP contribution in [-0.4, -0.2) is 5.11 Å². The zero-order chi connectivity index (χ0) is 6.85. The smallest absolute Gasteiger partial charge is 0.190 e. The molecule has 1 atom stereocenters. The van der Waals surface area contributed by atoms with E-state index in [0.29, 0.717) is 11.6 Å². The molecule has 1 aromatic heterocycles. The Labute approximate surface area is 53.1 Å². The van der Waals surface area contributed by atoms with Crippen molar-refractivity contribution in [3.05, 3.63) is 17.9 Å². The number of hydrogen-bond donors (Lipinski definition) is 2. The molecule has 0 aromatic carbocycles. The van der Waals surface area contributed by atoms with Crippen LogP contribution in [-0.2, 0) is 0 Å². The number of aliphatic hydroxyl groups excluding tert-OH is 1. The first-order valence-electron chi connectivity index (χ1n) is 2.73. The van der Waals surface area contributed by atoms with Gasteiger partial charge in [0, 0.05) is 6.07 Å². The summed E-state index contributed by atoms with van der Waals surface area (Å²) in [5.74, 6) is 0.846. The highest BCUT2D eigenvalue weighted by Crippen LogP contribution is 2.16. The van der Waals surface area contributed by atoms with Crippen LogP contribution in [0.3, 0.4) is 0 Å². The van der Waals surface area contributed by atoms with Crippen LogP contribution >= 0.6 is 0 Å². The van der Waals surface area contributed by atoms with Gasteiger partial charge in [-0.1, -0.05) is 0 Å². The lowest BCUT2D eigenvalue weighted by Crippen LogP contribution is -1.86. The quantitative estimate of drug-likeness (QED) is 0.589. The average molecular weight is 127 g/mol. The second-order valence-electron chi connectivity index (χ2n) is 1.92. The van der Waals surface area contributed by atoms with Gasteiger partial charge < -0.3 is 15.3 Å². The number of nitrogen functional groups attached to an aromatic ring is 1. The first kappa shape index (κ1) is 6.16. The number of rotatable bonds is 1. The van der Waals surface area contributed by atoms with Crippen LogP contribution in [0.4, 0.5) is 5.88 Å². The highest BCUT2D eigenvalue weighted by Gasteiger charge is 2.03. The summed E-state index contributed by atoms with van der Waals surface area (Å²) in [6, 6.07) is 3.27. The molecule has 1 aromatic rings. The fraction of sp³-hybridized carbons (Fsp3) is 0.333. The third-order valence-corrected chi connectivity index (χ3v) is 1.06. The number of hydrogen-bond acceptors (Lipinski definition) is 3. The molecule has 50 valence electrons. The molecule has 9 heavy (non-hydrogen) atoms. The van der Waals surface area contributed by atoms with E-state index >= 15 is 0 Å². The van der Waals surface area contributed by atoms with Crippen LogP contribution in [0.5, 0.6) is 0 Å². The van der Waals surface area contributed by atoms with E-state index in [0.717, 1.165) is 0 Å². The molecule has 3 nitrogen and oxygen atoms in total. The average Bonchev–Trinajstić information content (AvgIpc) is 2.14. The van der Waals surface area contributed by atoms with Crippen LogP contribution in [0.2, 0.25) is 0 Å². The minimum atomic E-state index is -0.567. The van der Waals surface area contributed by atoms with E-state index in [1.165, 1.54) is 0 Å². The van der Waals surface area contributed by atoms with Crippen molar-refractivity contribution in [3.63, 3.8) is 0 Å². The summed E-state index contributed by atoms with van der Waals surface area (Å²) in [7, 11) is 0. The molecular weight excluding hydrogens is 118 g/mol. The third kappa shape index (κ3) is 1.23. The summed E-state index contributed by atoms with van der Waals surface area (Å²) in [6.07, 6.45) is -0.567. The molecule has 3 heteroatoms. The largest absolute Gasteiger partial charge is 0.443 e. The third-order valence-electron chi connectivity index (χ3n) is 1.06. The van der Waals surface area contributed by atoms with Gasteiger partial charge in [-0.2, -0.15) is 0 Å². The van der Waals surface area contributed by atoms with Crippen molar-refractivity contribution in [2.45, 2.75) is 13.0 Å². The lowest BCUT2D eigenvalue weighted by molar-refractivity contribution is 0.171. The SMILES string of the molecule is CC(O)c1ccc(N)o1.